The summed E-state index contributed by atoms with van der Waals surface area (Å²) in [5.74, 6) is 2.81. The van der Waals surface area contributed by atoms with Crippen molar-refractivity contribution in [1.82, 2.24) is 0 Å². The number of ether oxygens (including phenoxy) is 1. The number of methoxy groups -OCH3 is 1. The molecule has 0 unspecified atom stereocenters. The van der Waals surface area contributed by atoms with Gasteiger partial charge in [0.05, 0.1) is 7.11 Å². The summed E-state index contributed by atoms with van der Waals surface area (Å²) in [5.41, 5.74) is 4.77. The maximum Gasteiger partial charge on any atom is 0.138 e. The molecular formula is C23H22O2. The van der Waals surface area contributed by atoms with Gasteiger partial charge in [-0.25, -0.2) is 0 Å². The lowest BCUT2D eigenvalue weighted by Crippen LogP contribution is -1.92. The minimum absolute atomic E-state index is 0.869. The highest BCUT2D eigenvalue weighted by Gasteiger charge is 2.19. The molecule has 2 heteroatoms. The Bertz CT molecular complexity index is 870. The van der Waals surface area contributed by atoms with Crippen LogP contribution in [0.25, 0.3) is 28.0 Å². The van der Waals surface area contributed by atoms with Crippen LogP contribution in [0.1, 0.15) is 31.4 Å². The van der Waals surface area contributed by atoms with Crippen molar-refractivity contribution in [3.05, 3.63) is 72.5 Å². The van der Waals surface area contributed by atoms with Gasteiger partial charge in [0, 0.05) is 11.1 Å². The first-order valence-corrected chi connectivity index (χ1v) is 8.88. The van der Waals surface area contributed by atoms with E-state index >= 15 is 0 Å². The predicted molar refractivity (Wildman–Crippen MR) is 103 cm³/mol. The van der Waals surface area contributed by atoms with E-state index in [9.17, 15) is 0 Å². The minimum atomic E-state index is 0.869. The average Bonchev–Trinajstić information content (AvgIpc) is 3.15. The largest absolute Gasteiger partial charge is 0.497 e. The standard InChI is InChI=1S/C23H22O2/c1-24-20-14-12-17(13-15-20)21-16-22(18-8-4-2-5-9-18)25-23(21)19-10-6-3-7-11-19/h2,4-5,8-10,12-16H,3,6-7,11H2,1H3. The van der Waals surface area contributed by atoms with Gasteiger partial charge < -0.3 is 9.15 Å². The Morgan fingerprint density at radius 3 is 2.36 bits per heavy atom. The maximum absolute atomic E-state index is 6.35. The van der Waals surface area contributed by atoms with Crippen molar-refractivity contribution in [2.24, 2.45) is 0 Å². The molecule has 0 atom stereocenters. The smallest absolute Gasteiger partial charge is 0.138 e. The molecule has 4 rings (SSSR count). The monoisotopic (exact) mass is 330 g/mol. The number of rotatable bonds is 4. The number of hydrogen-bond acceptors (Lipinski definition) is 2. The third-order valence-electron chi connectivity index (χ3n) is 4.77. The normalized spacial score (nSPS) is 14.2. The Balaban J connectivity index is 1.82. The molecule has 0 amide bonds. The predicted octanol–water partition coefficient (Wildman–Crippen LogP) is 6.58. The molecule has 0 spiro atoms. The van der Waals surface area contributed by atoms with Crippen molar-refractivity contribution >= 4 is 5.57 Å². The third kappa shape index (κ3) is 3.25. The zero-order chi connectivity index (χ0) is 17.1. The van der Waals surface area contributed by atoms with Crippen molar-refractivity contribution in [3.8, 4) is 28.2 Å². The lowest BCUT2D eigenvalue weighted by Gasteiger charge is -2.12. The second kappa shape index (κ2) is 7.02. The van der Waals surface area contributed by atoms with E-state index in [0.29, 0.717) is 0 Å². The summed E-state index contributed by atoms with van der Waals surface area (Å²) in [5, 5.41) is 0. The Morgan fingerprint density at radius 1 is 0.880 bits per heavy atom. The van der Waals surface area contributed by atoms with E-state index in [1.165, 1.54) is 18.4 Å². The fourth-order valence-corrected chi connectivity index (χ4v) is 3.40. The van der Waals surface area contributed by atoms with E-state index in [4.69, 9.17) is 9.15 Å². The van der Waals surface area contributed by atoms with Crippen LogP contribution in [-0.4, -0.2) is 7.11 Å². The fourth-order valence-electron chi connectivity index (χ4n) is 3.40. The molecule has 0 saturated heterocycles. The highest BCUT2D eigenvalue weighted by Crippen LogP contribution is 2.39. The Labute approximate surface area is 148 Å². The van der Waals surface area contributed by atoms with Gasteiger partial charge in [0.25, 0.3) is 0 Å². The summed E-state index contributed by atoms with van der Waals surface area (Å²) < 4.78 is 11.6. The third-order valence-corrected chi connectivity index (χ3v) is 4.77. The van der Waals surface area contributed by atoms with Crippen LogP contribution in [0.3, 0.4) is 0 Å². The van der Waals surface area contributed by atoms with Gasteiger partial charge >= 0.3 is 0 Å². The lowest BCUT2D eigenvalue weighted by atomic mass is 9.94. The van der Waals surface area contributed by atoms with Crippen LogP contribution in [0.15, 0.2) is 71.2 Å². The summed E-state index contributed by atoms with van der Waals surface area (Å²) in [4.78, 5) is 0. The van der Waals surface area contributed by atoms with E-state index in [1.807, 2.05) is 30.3 Å². The molecule has 0 bridgehead atoms. The van der Waals surface area contributed by atoms with Crippen molar-refractivity contribution in [2.75, 3.05) is 7.11 Å². The van der Waals surface area contributed by atoms with Crippen LogP contribution in [-0.2, 0) is 0 Å². The quantitative estimate of drug-likeness (QED) is 0.539. The molecule has 1 aromatic heterocycles. The Morgan fingerprint density at radius 2 is 1.68 bits per heavy atom. The number of furan rings is 1. The van der Waals surface area contributed by atoms with Gasteiger partial charge in [0.15, 0.2) is 0 Å². The SMILES string of the molecule is COc1ccc(-c2cc(-c3ccccc3)oc2C2=CCCCC2)cc1. The van der Waals surface area contributed by atoms with Crippen LogP contribution in [0.4, 0.5) is 0 Å². The molecule has 1 aliphatic rings. The molecule has 126 valence electrons. The molecular weight excluding hydrogens is 308 g/mol. The van der Waals surface area contributed by atoms with Gasteiger partial charge in [-0.3, -0.25) is 0 Å². The summed E-state index contributed by atoms with van der Waals surface area (Å²) in [6, 6.07) is 20.7. The highest BCUT2D eigenvalue weighted by molar-refractivity contribution is 5.82. The van der Waals surface area contributed by atoms with E-state index in [-0.39, 0.29) is 0 Å². The first-order chi connectivity index (χ1) is 12.3. The van der Waals surface area contributed by atoms with Crippen LogP contribution in [0.2, 0.25) is 0 Å². The van der Waals surface area contributed by atoms with Crippen LogP contribution in [0.5, 0.6) is 5.75 Å². The lowest BCUT2D eigenvalue weighted by molar-refractivity contribution is 0.415. The van der Waals surface area contributed by atoms with Gasteiger partial charge in [-0.15, -0.1) is 0 Å². The van der Waals surface area contributed by atoms with Crippen LogP contribution < -0.4 is 4.74 Å². The molecule has 0 saturated carbocycles. The van der Waals surface area contributed by atoms with Gasteiger partial charge in [0.1, 0.15) is 17.3 Å². The molecule has 2 nitrogen and oxygen atoms in total. The minimum Gasteiger partial charge on any atom is -0.497 e. The molecule has 0 fully saturated rings. The highest BCUT2D eigenvalue weighted by atomic mass is 16.5. The fraction of sp³-hybridized carbons (Fsp3) is 0.217. The first kappa shape index (κ1) is 15.8. The van der Waals surface area contributed by atoms with E-state index in [2.05, 4.69) is 36.4 Å². The van der Waals surface area contributed by atoms with Gasteiger partial charge in [0.2, 0.25) is 0 Å². The van der Waals surface area contributed by atoms with Crippen LogP contribution >= 0.6 is 0 Å². The molecule has 1 aliphatic carbocycles. The molecule has 0 aliphatic heterocycles. The second-order valence-corrected chi connectivity index (χ2v) is 6.42. The molecule has 0 radical (unpaired) electrons. The van der Waals surface area contributed by atoms with Gasteiger partial charge in [-0.1, -0.05) is 48.5 Å². The zero-order valence-corrected chi connectivity index (χ0v) is 14.5. The van der Waals surface area contributed by atoms with Crippen molar-refractivity contribution < 1.29 is 9.15 Å². The Kier molecular flexibility index (Phi) is 4.43. The zero-order valence-electron chi connectivity index (χ0n) is 14.5. The number of benzene rings is 2. The topological polar surface area (TPSA) is 22.4 Å². The van der Waals surface area contributed by atoms with Gasteiger partial charge in [-0.2, -0.15) is 0 Å². The van der Waals surface area contributed by atoms with Crippen molar-refractivity contribution in [1.29, 1.82) is 0 Å². The summed E-state index contributed by atoms with van der Waals surface area (Å²) >= 11 is 0. The van der Waals surface area contributed by atoms with E-state index < -0.39 is 0 Å². The Hall–Kier alpha value is -2.74. The van der Waals surface area contributed by atoms with Crippen molar-refractivity contribution in [2.45, 2.75) is 25.7 Å². The van der Waals surface area contributed by atoms with Gasteiger partial charge in [-0.05, 0) is 55.0 Å². The average molecular weight is 330 g/mol. The summed E-state index contributed by atoms with van der Waals surface area (Å²) in [7, 11) is 1.69. The molecule has 25 heavy (non-hydrogen) atoms. The summed E-state index contributed by atoms with van der Waals surface area (Å²) in [6.07, 6.45) is 7.07. The number of allylic oxidation sites excluding steroid dienone is 2. The molecule has 2 aromatic carbocycles. The summed E-state index contributed by atoms with van der Waals surface area (Å²) in [6.45, 7) is 0. The first-order valence-electron chi connectivity index (χ1n) is 8.88. The van der Waals surface area contributed by atoms with E-state index in [0.717, 1.165) is 46.8 Å². The molecule has 0 N–H and O–H groups in total. The van der Waals surface area contributed by atoms with E-state index in [1.54, 1.807) is 7.11 Å². The number of hydrogen-bond donors (Lipinski definition) is 0. The van der Waals surface area contributed by atoms with Crippen LogP contribution in [0, 0.1) is 0 Å². The van der Waals surface area contributed by atoms with Crippen molar-refractivity contribution in [3.63, 3.8) is 0 Å². The maximum atomic E-state index is 6.35. The molecule has 1 heterocycles. The molecule has 3 aromatic rings. The second-order valence-electron chi connectivity index (χ2n) is 6.42.